The third kappa shape index (κ3) is 7.88. The van der Waals surface area contributed by atoms with Crippen LogP contribution in [-0.2, 0) is 6.54 Å². The molecule has 0 aliphatic rings. The van der Waals surface area contributed by atoms with Gasteiger partial charge in [0, 0.05) is 25.7 Å². The van der Waals surface area contributed by atoms with Gasteiger partial charge in [0.1, 0.15) is 12.4 Å². The fraction of sp³-hybridized carbons (Fsp3) is 0.588. The molecule has 124 valence electrons. The van der Waals surface area contributed by atoms with Gasteiger partial charge in [-0.05, 0) is 52.6 Å². The molecule has 0 aromatic heterocycles. The number of nitrogens with zero attached hydrogens (tertiary/aromatic N) is 2. The van der Waals surface area contributed by atoms with E-state index >= 15 is 0 Å². The number of ether oxygens (including phenoxy) is 1. The number of nitrogens with one attached hydrogen (secondary N) is 2. The van der Waals surface area contributed by atoms with Gasteiger partial charge in [-0.15, -0.1) is 0 Å². The Bertz CT molecular complexity index is 478. The van der Waals surface area contributed by atoms with Crippen LogP contribution in [0.3, 0.4) is 0 Å². The lowest BCUT2D eigenvalue weighted by molar-refractivity contribution is 0.261. The lowest BCUT2D eigenvalue weighted by Gasteiger charge is -2.23. The van der Waals surface area contributed by atoms with Crippen molar-refractivity contribution < 1.29 is 4.74 Å². The molecule has 0 unspecified atom stereocenters. The molecule has 2 N–H and O–H groups in total. The number of likely N-dealkylation sites (N-methyl/N-ethyl adjacent to an activating group) is 1. The van der Waals surface area contributed by atoms with Gasteiger partial charge < -0.3 is 20.3 Å². The normalized spacial score (nSPS) is 12.4. The zero-order valence-electron chi connectivity index (χ0n) is 14.7. The Morgan fingerprint density at radius 3 is 2.59 bits per heavy atom. The molecular weight excluding hydrogens is 276 g/mol. The lowest BCUT2D eigenvalue weighted by atomic mass is 10.1. The molecule has 0 aliphatic heterocycles. The molecule has 0 heterocycles. The number of aliphatic imine (C=N–C) groups is 1. The topological polar surface area (TPSA) is 48.9 Å². The van der Waals surface area contributed by atoms with Gasteiger partial charge in [-0.25, -0.2) is 0 Å². The average molecular weight is 306 g/mol. The van der Waals surface area contributed by atoms with Crippen molar-refractivity contribution >= 4 is 5.96 Å². The molecular formula is C17H30N4O. The van der Waals surface area contributed by atoms with E-state index in [9.17, 15) is 0 Å². The van der Waals surface area contributed by atoms with Crippen LogP contribution in [-0.4, -0.2) is 50.7 Å². The summed E-state index contributed by atoms with van der Waals surface area (Å²) in [6.07, 6.45) is 0. The molecule has 0 fully saturated rings. The second-order valence-electron chi connectivity index (χ2n) is 6.60. The number of hydrogen-bond acceptors (Lipinski definition) is 3. The third-order valence-electron chi connectivity index (χ3n) is 2.88. The van der Waals surface area contributed by atoms with Gasteiger partial charge in [0.2, 0.25) is 0 Å². The number of benzene rings is 1. The Morgan fingerprint density at radius 1 is 1.27 bits per heavy atom. The van der Waals surface area contributed by atoms with E-state index in [0.29, 0.717) is 13.2 Å². The SMILES string of the molecule is CN=C(NCc1cccc(OCCN(C)C)c1)NC(C)(C)C. The largest absolute Gasteiger partial charge is 0.492 e. The van der Waals surface area contributed by atoms with Crippen molar-refractivity contribution in [3.8, 4) is 5.75 Å². The summed E-state index contributed by atoms with van der Waals surface area (Å²) in [5, 5.41) is 6.66. The number of guanidine groups is 1. The van der Waals surface area contributed by atoms with E-state index in [4.69, 9.17) is 4.74 Å². The first kappa shape index (κ1) is 18.3. The first-order chi connectivity index (χ1) is 10.3. The molecule has 0 amide bonds. The summed E-state index contributed by atoms with van der Waals surface area (Å²) in [7, 11) is 5.86. The molecule has 0 saturated carbocycles. The highest BCUT2D eigenvalue weighted by molar-refractivity contribution is 5.80. The molecule has 0 saturated heterocycles. The fourth-order valence-corrected chi connectivity index (χ4v) is 1.81. The summed E-state index contributed by atoms with van der Waals surface area (Å²) in [4.78, 5) is 6.34. The zero-order chi connectivity index (χ0) is 16.6. The molecule has 5 nitrogen and oxygen atoms in total. The molecule has 0 bridgehead atoms. The minimum Gasteiger partial charge on any atom is -0.492 e. The summed E-state index contributed by atoms with van der Waals surface area (Å²) in [5.41, 5.74) is 1.15. The minimum atomic E-state index is -0.0149. The standard InChI is InChI=1S/C17H30N4O/c1-17(2,3)20-16(18-4)19-13-14-8-7-9-15(12-14)22-11-10-21(5)6/h7-9,12H,10-11,13H2,1-6H3,(H2,18,19,20). The minimum absolute atomic E-state index is 0.0149. The molecule has 0 spiro atoms. The maximum absolute atomic E-state index is 5.76. The smallest absolute Gasteiger partial charge is 0.191 e. The van der Waals surface area contributed by atoms with Gasteiger partial charge in [-0.1, -0.05) is 12.1 Å². The van der Waals surface area contributed by atoms with Crippen molar-refractivity contribution in [2.24, 2.45) is 4.99 Å². The zero-order valence-corrected chi connectivity index (χ0v) is 14.7. The van der Waals surface area contributed by atoms with Crippen LogP contribution in [0.4, 0.5) is 0 Å². The fourth-order valence-electron chi connectivity index (χ4n) is 1.81. The van der Waals surface area contributed by atoms with E-state index in [1.807, 2.05) is 26.2 Å². The van der Waals surface area contributed by atoms with E-state index < -0.39 is 0 Å². The molecule has 1 rings (SSSR count). The predicted molar refractivity (Wildman–Crippen MR) is 93.6 cm³/mol. The van der Waals surface area contributed by atoms with Crippen LogP contribution in [0, 0.1) is 0 Å². The summed E-state index contributed by atoms with van der Waals surface area (Å²) in [6, 6.07) is 8.15. The Labute approximate surface area is 134 Å². The maximum Gasteiger partial charge on any atom is 0.191 e. The van der Waals surface area contributed by atoms with Crippen molar-refractivity contribution in [3.63, 3.8) is 0 Å². The highest BCUT2D eigenvalue weighted by Crippen LogP contribution is 2.13. The van der Waals surface area contributed by atoms with Crippen LogP contribution in [0.2, 0.25) is 0 Å². The maximum atomic E-state index is 5.76. The Morgan fingerprint density at radius 2 is 2.00 bits per heavy atom. The van der Waals surface area contributed by atoms with Crippen molar-refractivity contribution in [3.05, 3.63) is 29.8 Å². The van der Waals surface area contributed by atoms with E-state index in [0.717, 1.165) is 18.3 Å². The van der Waals surface area contributed by atoms with Crippen molar-refractivity contribution in [1.82, 2.24) is 15.5 Å². The van der Waals surface area contributed by atoms with Gasteiger partial charge in [0.05, 0.1) is 0 Å². The van der Waals surface area contributed by atoms with Gasteiger partial charge in [-0.3, -0.25) is 4.99 Å². The summed E-state index contributed by atoms with van der Waals surface area (Å²) < 4.78 is 5.76. The summed E-state index contributed by atoms with van der Waals surface area (Å²) in [5.74, 6) is 1.70. The first-order valence-electron chi connectivity index (χ1n) is 7.65. The third-order valence-corrected chi connectivity index (χ3v) is 2.88. The van der Waals surface area contributed by atoms with Crippen LogP contribution in [0.5, 0.6) is 5.75 Å². The van der Waals surface area contributed by atoms with Crippen LogP contribution in [0.1, 0.15) is 26.3 Å². The Balaban J connectivity index is 2.52. The highest BCUT2D eigenvalue weighted by atomic mass is 16.5. The predicted octanol–water partition coefficient (Wildman–Crippen LogP) is 2.09. The number of rotatable bonds is 6. The van der Waals surface area contributed by atoms with Gasteiger partial charge >= 0.3 is 0 Å². The molecule has 0 aliphatic carbocycles. The first-order valence-corrected chi connectivity index (χ1v) is 7.65. The van der Waals surface area contributed by atoms with Gasteiger partial charge in [0.25, 0.3) is 0 Å². The van der Waals surface area contributed by atoms with E-state index in [1.165, 1.54) is 5.56 Å². The van der Waals surface area contributed by atoms with Crippen LogP contribution < -0.4 is 15.4 Å². The van der Waals surface area contributed by atoms with Gasteiger partial charge in [-0.2, -0.15) is 0 Å². The van der Waals surface area contributed by atoms with Crippen LogP contribution >= 0.6 is 0 Å². The molecule has 5 heteroatoms. The summed E-state index contributed by atoms with van der Waals surface area (Å²) in [6.45, 7) is 8.64. The van der Waals surface area contributed by atoms with E-state index in [-0.39, 0.29) is 5.54 Å². The average Bonchev–Trinajstić information content (AvgIpc) is 2.42. The summed E-state index contributed by atoms with van der Waals surface area (Å²) >= 11 is 0. The molecule has 0 radical (unpaired) electrons. The Kier molecular flexibility index (Phi) is 7.18. The second kappa shape index (κ2) is 8.63. The Hall–Kier alpha value is -1.75. The van der Waals surface area contributed by atoms with E-state index in [1.54, 1.807) is 7.05 Å². The van der Waals surface area contributed by atoms with Gasteiger partial charge in [0.15, 0.2) is 5.96 Å². The van der Waals surface area contributed by atoms with Crippen molar-refractivity contribution in [1.29, 1.82) is 0 Å². The van der Waals surface area contributed by atoms with Crippen molar-refractivity contribution in [2.75, 3.05) is 34.3 Å². The lowest BCUT2D eigenvalue weighted by Crippen LogP contribution is -2.47. The van der Waals surface area contributed by atoms with Crippen LogP contribution in [0.15, 0.2) is 29.3 Å². The van der Waals surface area contributed by atoms with Crippen LogP contribution in [0.25, 0.3) is 0 Å². The quantitative estimate of drug-likeness (QED) is 0.624. The highest BCUT2D eigenvalue weighted by Gasteiger charge is 2.11. The number of hydrogen-bond donors (Lipinski definition) is 2. The molecule has 1 aromatic carbocycles. The molecule has 1 aromatic rings. The monoisotopic (exact) mass is 306 g/mol. The van der Waals surface area contributed by atoms with E-state index in [2.05, 4.69) is 53.4 Å². The second-order valence-corrected chi connectivity index (χ2v) is 6.60. The van der Waals surface area contributed by atoms with Crippen molar-refractivity contribution in [2.45, 2.75) is 32.9 Å². The molecule has 0 atom stereocenters. The molecule has 22 heavy (non-hydrogen) atoms.